The SMILES string of the molecule is CC(=O)c1c(C)cc(C)c(COC(=O)C2CCN(S(=O)(=O)c3cccs3)CC2)c1C. The number of hydrogen-bond donors (Lipinski definition) is 0. The Bertz CT molecular complexity index is 1050. The van der Waals surface area contributed by atoms with Crippen LogP contribution < -0.4 is 0 Å². The van der Waals surface area contributed by atoms with Gasteiger partial charge in [-0.3, -0.25) is 9.59 Å². The fraction of sp³-hybridized carbons (Fsp3) is 0.455. The van der Waals surface area contributed by atoms with E-state index in [0.29, 0.717) is 35.7 Å². The van der Waals surface area contributed by atoms with Crippen molar-refractivity contribution in [2.75, 3.05) is 13.1 Å². The van der Waals surface area contributed by atoms with Gasteiger partial charge in [0, 0.05) is 18.7 Å². The molecule has 162 valence electrons. The number of ketones is 1. The van der Waals surface area contributed by atoms with Gasteiger partial charge in [-0.2, -0.15) is 4.31 Å². The number of thiophene rings is 1. The van der Waals surface area contributed by atoms with Gasteiger partial charge in [0.15, 0.2) is 5.78 Å². The number of sulfonamides is 1. The lowest BCUT2D eigenvalue weighted by molar-refractivity contribution is -0.151. The van der Waals surface area contributed by atoms with Gasteiger partial charge in [0.1, 0.15) is 10.8 Å². The van der Waals surface area contributed by atoms with Crippen molar-refractivity contribution in [3.63, 3.8) is 0 Å². The van der Waals surface area contributed by atoms with Crippen molar-refractivity contribution in [3.05, 3.63) is 51.4 Å². The van der Waals surface area contributed by atoms with Gasteiger partial charge in [0.05, 0.1) is 5.92 Å². The third-order valence-corrected chi connectivity index (χ3v) is 8.99. The van der Waals surface area contributed by atoms with E-state index in [1.165, 1.54) is 15.6 Å². The Kier molecular flexibility index (Phi) is 6.79. The van der Waals surface area contributed by atoms with Crippen LogP contribution in [0.2, 0.25) is 0 Å². The molecule has 0 spiro atoms. The molecule has 1 fully saturated rings. The van der Waals surface area contributed by atoms with E-state index in [1.807, 2.05) is 26.8 Å². The highest BCUT2D eigenvalue weighted by molar-refractivity contribution is 7.91. The van der Waals surface area contributed by atoms with E-state index in [1.54, 1.807) is 24.4 Å². The van der Waals surface area contributed by atoms with Gasteiger partial charge in [-0.25, -0.2) is 8.42 Å². The topological polar surface area (TPSA) is 80.8 Å². The van der Waals surface area contributed by atoms with Gasteiger partial charge < -0.3 is 4.74 Å². The number of benzene rings is 1. The fourth-order valence-electron chi connectivity index (χ4n) is 4.12. The predicted molar refractivity (Wildman–Crippen MR) is 116 cm³/mol. The number of ether oxygens (including phenoxy) is 1. The number of nitrogens with zero attached hydrogens (tertiary/aromatic N) is 1. The highest BCUT2D eigenvalue weighted by atomic mass is 32.2. The lowest BCUT2D eigenvalue weighted by Crippen LogP contribution is -2.40. The molecule has 1 aliphatic rings. The van der Waals surface area contributed by atoms with Crippen LogP contribution in [0.25, 0.3) is 0 Å². The Morgan fingerprint density at radius 1 is 1.17 bits per heavy atom. The summed E-state index contributed by atoms with van der Waals surface area (Å²) in [7, 11) is -3.48. The first-order valence-electron chi connectivity index (χ1n) is 9.93. The second kappa shape index (κ2) is 8.99. The Morgan fingerprint density at radius 2 is 1.83 bits per heavy atom. The van der Waals surface area contributed by atoms with E-state index < -0.39 is 10.0 Å². The van der Waals surface area contributed by atoms with Gasteiger partial charge >= 0.3 is 5.97 Å². The molecule has 1 saturated heterocycles. The van der Waals surface area contributed by atoms with E-state index in [9.17, 15) is 18.0 Å². The second-order valence-electron chi connectivity index (χ2n) is 7.76. The van der Waals surface area contributed by atoms with Crippen molar-refractivity contribution >= 4 is 33.1 Å². The first-order chi connectivity index (χ1) is 14.1. The molecule has 1 aliphatic heterocycles. The largest absolute Gasteiger partial charge is 0.461 e. The monoisotopic (exact) mass is 449 g/mol. The molecule has 3 rings (SSSR count). The van der Waals surface area contributed by atoms with Crippen LogP contribution >= 0.6 is 11.3 Å². The highest BCUT2D eigenvalue weighted by Crippen LogP contribution is 2.28. The predicted octanol–water partition coefficient (Wildman–Crippen LogP) is 4.02. The summed E-state index contributed by atoms with van der Waals surface area (Å²) < 4.78 is 32.6. The number of rotatable bonds is 6. The Balaban J connectivity index is 1.62. The number of esters is 1. The normalized spacial score (nSPS) is 15.9. The molecule has 0 bridgehead atoms. The second-order valence-corrected chi connectivity index (χ2v) is 10.9. The van der Waals surface area contributed by atoms with Crippen molar-refractivity contribution in [1.82, 2.24) is 4.31 Å². The highest BCUT2D eigenvalue weighted by Gasteiger charge is 2.33. The molecule has 0 radical (unpaired) electrons. The Labute approximate surface area is 181 Å². The fourth-order valence-corrected chi connectivity index (χ4v) is 6.73. The number of piperidine rings is 1. The molecule has 2 aromatic rings. The number of hydrogen-bond acceptors (Lipinski definition) is 6. The van der Waals surface area contributed by atoms with Crippen molar-refractivity contribution in [1.29, 1.82) is 0 Å². The zero-order valence-electron chi connectivity index (χ0n) is 17.7. The minimum atomic E-state index is -3.48. The van der Waals surface area contributed by atoms with Crippen LogP contribution in [-0.2, 0) is 26.2 Å². The van der Waals surface area contributed by atoms with Gasteiger partial charge in [0.25, 0.3) is 10.0 Å². The van der Waals surface area contributed by atoms with E-state index in [4.69, 9.17) is 4.74 Å². The van der Waals surface area contributed by atoms with Gasteiger partial charge in [-0.15, -0.1) is 11.3 Å². The molecule has 0 atom stereocenters. The third-order valence-electron chi connectivity index (χ3n) is 5.72. The van der Waals surface area contributed by atoms with Crippen molar-refractivity contribution in [2.24, 2.45) is 5.92 Å². The van der Waals surface area contributed by atoms with Crippen LogP contribution in [0, 0.1) is 26.7 Å². The summed E-state index contributed by atoms with van der Waals surface area (Å²) >= 11 is 1.20. The van der Waals surface area contributed by atoms with Crippen LogP contribution in [0.5, 0.6) is 0 Å². The van der Waals surface area contributed by atoms with Crippen molar-refractivity contribution < 1.29 is 22.7 Å². The maximum absolute atomic E-state index is 12.6. The Hall–Kier alpha value is -2.03. The average molecular weight is 450 g/mol. The van der Waals surface area contributed by atoms with E-state index in [0.717, 1.165) is 22.3 Å². The lowest BCUT2D eigenvalue weighted by Gasteiger charge is -2.29. The van der Waals surface area contributed by atoms with Crippen LogP contribution in [0.3, 0.4) is 0 Å². The Morgan fingerprint density at radius 3 is 2.40 bits per heavy atom. The standard InChI is InChI=1S/C22H27NO5S2/c1-14-12-15(2)21(17(4)24)16(3)19(14)13-28-22(25)18-7-9-23(10-8-18)30(26,27)20-6-5-11-29-20/h5-6,11-12,18H,7-10,13H2,1-4H3. The average Bonchev–Trinajstić information content (AvgIpc) is 3.22. The molecular weight excluding hydrogens is 422 g/mol. The summed E-state index contributed by atoms with van der Waals surface area (Å²) in [5, 5.41) is 1.74. The number of Topliss-reactive ketones (excluding diaryl/α,β-unsaturated/α-hetero) is 1. The van der Waals surface area contributed by atoms with Gasteiger partial charge in [-0.1, -0.05) is 12.1 Å². The third kappa shape index (κ3) is 4.50. The summed E-state index contributed by atoms with van der Waals surface area (Å²) in [6.07, 6.45) is 0.877. The summed E-state index contributed by atoms with van der Waals surface area (Å²) in [6.45, 7) is 8.00. The summed E-state index contributed by atoms with van der Waals surface area (Å²) in [6, 6.07) is 5.26. The van der Waals surface area contributed by atoms with Crippen LogP contribution in [0.1, 0.15) is 52.4 Å². The minimum Gasteiger partial charge on any atom is -0.461 e. The van der Waals surface area contributed by atoms with Crippen LogP contribution in [-0.4, -0.2) is 37.6 Å². The molecule has 8 heteroatoms. The molecule has 0 N–H and O–H groups in total. The number of carbonyl (C=O) groups excluding carboxylic acids is 2. The first-order valence-corrected chi connectivity index (χ1v) is 12.3. The lowest BCUT2D eigenvalue weighted by atomic mass is 9.92. The first kappa shape index (κ1) is 22.7. The molecule has 1 aromatic heterocycles. The van der Waals surface area contributed by atoms with Gasteiger partial charge in [0.2, 0.25) is 0 Å². The molecule has 0 amide bonds. The molecule has 0 aliphatic carbocycles. The maximum Gasteiger partial charge on any atom is 0.309 e. The summed E-state index contributed by atoms with van der Waals surface area (Å²) in [5.41, 5.74) is 4.30. The zero-order valence-corrected chi connectivity index (χ0v) is 19.4. The molecule has 0 unspecified atom stereocenters. The van der Waals surface area contributed by atoms with Crippen molar-refractivity contribution in [2.45, 2.75) is 51.4 Å². The summed E-state index contributed by atoms with van der Waals surface area (Å²) in [5.74, 6) is -0.637. The van der Waals surface area contributed by atoms with Crippen LogP contribution in [0.4, 0.5) is 0 Å². The molecule has 2 heterocycles. The maximum atomic E-state index is 12.6. The minimum absolute atomic E-state index is 0.00287. The quantitative estimate of drug-likeness (QED) is 0.491. The molecule has 1 aromatic carbocycles. The van der Waals surface area contributed by atoms with Crippen molar-refractivity contribution in [3.8, 4) is 0 Å². The van der Waals surface area contributed by atoms with E-state index >= 15 is 0 Å². The number of aryl methyl sites for hydroxylation is 2. The number of carbonyl (C=O) groups is 2. The van der Waals surface area contributed by atoms with Gasteiger partial charge in [-0.05, 0) is 74.2 Å². The molecule has 0 saturated carbocycles. The van der Waals surface area contributed by atoms with E-state index in [2.05, 4.69) is 0 Å². The zero-order chi connectivity index (χ0) is 22.1. The van der Waals surface area contributed by atoms with Crippen LogP contribution in [0.15, 0.2) is 27.8 Å². The van der Waals surface area contributed by atoms with E-state index in [-0.39, 0.29) is 24.3 Å². The summed E-state index contributed by atoms with van der Waals surface area (Å²) in [4.78, 5) is 24.6. The smallest absolute Gasteiger partial charge is 0.309 e. The molecular formula is C22H27NO5S2. The molecule has 6 nitrogen and oxygen atoms in total. The molecule has 30 heavy (non-hydrogen) atoms.